The van der Waals surface area contributed by atoms with Crippen LogP contribution in [0.4, 0.5) is 0 Å². The second-order valence-corrected chi connectivity index (χ2v) is 7.58. The third-order valence-corrected chi connectivity index (χ3v) is 5.76. The largest absolute Gasteiger partial charge is 0.391 e. The van der Waals surface area contributed by atoms with E-state index in [1.54, 1.807) is 12.1 Å². The van der Waals surface area contributed by atoms with Gasteiger partial charge in [-0.15, -0.1) is 0 Å². The van der Waals surface area contributed by atoms with Crippen LogP contribution in [0.2, 0.25) is 0 Å². The number of aryl methyl sites for hydroxylation is 1. The van der Waals surface area contributed by atoms with Gasteiger partial charge < -0.3 is 5.11 Å². The summed E-state index contributed by atoms with van der Waals surface area (Å²) in [5, 5.41) is 10.1. The van der Waals surface area contributed by atoms with Gasteiger partial charge in [0.05, 0.1) is 11.0 Å². The third kappa shape index (κ3) is 4.53. The molecule has 0 aliphatic heterocycles. The van der Waals surface area contributed by atoms with Gasteiger partial charge in [-0.2, -0.15) is 0 Å². The number of hydrogen-bond donors (Lipinski definition) is 2. The second-order valence-electron chi connectivity index (χ2n) is 5.81. The quantitative estimate of drug-likeness (QED) is 0.848. The van der Waals surface area contributed by atoms with E-state index in [1.165, 1.54) is 6.42 Å². The SMILES string of the molecule is CCc1ccc(S(=O)(=O)NCC(O)C2CCCCC2)cc1. The Bertz CT molecular complexity index is 533. The number of benzene rings is 1. The van der Waals surface area contributed by atoms with E-state index in [1.807, 2.05) is 19.1 Å². The number of nitrogens with one attached hydrogen (secondary N) is 1. The molecular formula is C16H25NO3S. The maximum absolute atomic E-state index is 12.2. The molecule has 1 aliphatic carbocycles. The van der Waals surface area contributed by atoms with E-state index < -0.39 is 16.1 Å². The van der Waals surface area contributed by atoms with Crippen molar-refractivity contribution in [1.82, 2.24) is 4.72 Å². The lowest BCUT2D eigenvalue weighted by Gasteiger charge is -2.26. The monoisotopic (exact) mass is 311 g/mol. The lowest BCUT2D eigenvalue weighted by atomic mass is 9.85. The number of rotatable bonds is 6. The predicted molar refractivity (Wildman–Crippen MR) is 83.6 cm³/mol. The molecule has 1 aromatic carbocycles. The van der Waals surface area contributed by atoms with Crippen molar-refractivity contribution in [3.63, 3.8) is 0 Å². The maximum atomic E-state index is 12.2. The first kappa shape index (κ1) is 16.5. The van der Waals surface area contributed by atoms with E-state index in [9.17, 15) is 13.5 Å². The van der Waals surface area contributed by atoms with Gasteiger partial charge in [0, 0.05) is 6.54 Å². The fraction of sp³-hybridized carbons (Fsp3) is 0.625. The Morgan fingerprint density at radius 3 is 2.38 bits per heavy atom. The molecule has 0 radical (unpaired) electrons. The summed E-state index contributed by atoms with van der Waals surface area (Å²) in [6, 6.07) is 6.89. The maximum Gasteiger partial charge on any atom is 0.240 e. The average molecular weight is 311 g/mol. The molecule has 0 spiro atoms. The minimum absolute atomic E-state index is 0.0997. The molecule has 5 heteroatoms. The van der Waals surface area contributed by atoms with Crippen LogP contribution < -0.4 is 4.72 Å². The smallest absolute Gasteiger partial charge is 0.240 e. The van der Waals surface area contributed by atoms with Gasteiger partial charge in [0.2, 0.25) is 10.0 Å². The van der Waals surface area contributed by atoms with Gasteiger partial charge in [0.25, 0.3) is 0 Å². The minimum atomic E-state index is -3.53. The fourth-order valence-electron chi connectivity index (χ4n) is 2.87. The summed E-state index contributed by atoms with van der Waals surface area (Å²) in [6.07, 6.45) is 5.77. The highest BCUT2D eigenvalue weighted by atomic mass is 32.2. The molecule has 1 aromatic rings. The van der Waals surface area contributed by atoms with Crippen LogP contribution >= 0.6 is 0 Å². The van der Waals surface area contributed by atoms with Gasteiger partial charge in [0.1, 0.15) is 0 Å². The highest BCUT2D eigenvalue weighted by Crippen LogP contribution is 2.26. The molecule has 21 heavy (non-hydrogen) atoms. The number of hydrogen-bond acceptors (Lipinski definition) is 3. The van der Waals surface area contributed by atoms with E-state index in [4.69, 9.17) is 0 Å². The van der Waals surface area contributed by atoms with E-state index in [0.29, 0.717) is 0 Å². The highest BCUT2D eigenvalue weighted by molar-refractivity contribution is 7.89. The van der Waals surface area contributed by atoms with Crippen LogP contribution in [0.1, 0.15) is 44.6 Å². The van der Waals surface area contributed by atoms with Gasteiger partial charge >= 0.3 is 0 Å². The molecule has 1 saturated carbocycles. The van der Waals surface area contributed by atoms with Crippen molar-refractivity contribution in [2.75, 3.05) is 6.54 Å². The first-order chi connectivity index (χ1) is 10.0. The second kappa shape index (κ2) is 7.38. The molecule has 2 N–H and O–H groups in total. The number of aliphatic hydroxyl groups excluding tert-OH is 1. The fourth-order valence-corrected chi connectivity index (χ4v) is 3.92. The molecule has 0 saturated heterocycles. The first-order valence-corrected chi connectivity index (χ1v) is 9.28. The topological polar surface area (TPSA) is 66.4 Å². The van der Waals surface area contributed by atoms with Gasteiger partial charge in [-0.05, 0) is 42.9 Å². The Morgan fingerprint density at radius 1 is 1.19 bits per heavy atom. The van der Waals surface area contributed by atoms with Gasteiger partial charge in [0.15, 0.2) is 0 Å². The van der Waals surface area contributed by atoms with E-state index in [-0.39, 0.29) is 17.4 Å². The van der Waals surface area contributed by atoms with Crippen LogP contribution in [-0.4, -0.2) is 26.2 Å². The molecule has 1 atom stereocenters. The number of aliphatic hydroxyl groups is 1. The Labute approximate surface area is 127 Å². The zero-order valence-electron chi connectivity index (χ0n) is 12.6. The summed E-state index contributed by atoms with van der Waals surface area (Å²) < 4.78 is 26.9. The van der Waals surface area contributed by atoms with Crippen molar-refractivity contribution in [2.45, 2.75) is 56.4 Å². The summed E-state index contributed by atoms with van der Waals surface area (Å²) >= 11 is 0. The Kier molecular flexibility index (Phi) is 5.79. The lowest BCUT2D eigenvalue weighted by Crippen LogP contribution is -2.37. The predicted octanol–water partition coefficient (Wildman–Crippen LogP) is 2.47. The van der Waals surface area contributed by atoms with Crippen LogP contribution in [0, 0.1) is 5.92 Å². The van der Waals surface area contributed by atoms with Gasteiger partial charge in [-0.1, -0.05) is 38.3 Å². The third-order valence-electron chi connectivity index (χ3n) is 4.32. The lowest BCUT2D eigenvalue weighted by molar-refractivity contribution is 0.0888. The summed E-state index contributed by atoms with van der Waals surface area (Å²) in [4.78, 5) is 0.260. The van der Waals surface area contributed by atoms with Crippen molar-refractivity contribution in [3.05, 3.63) is 29.8 Å². The molecule has 0 heterocycles. The molecule has 1 unspecified atom stereocenters. The van der Waals surface area contributed by atoms with Crippen LogP contribution in [-0.2, 0) is 16.4 Å². The van der Waals surface area contributed by atoms with E-state index >= 15 is 0 Å². The summed E-state index contributed by atoms with van der Waals surface area (Å²) in [5.74, 6) is 0.226. The molecule has 0 amide bonds. The van der Waals surface area contributed by atoms with Crippen LogP contribution in [0.5, 0.6) is 0 Å². The molecule has 1 fully saturated rings. The summed E-state index contributed by atoms with van der Waals surface area (Å²) in [7, 11) is -3.53. The van der Waals surface area contributed by atoms with Crippen molar-refractivity contribution in [2.24, 2.45) is 5.92 Å². The summed E-state index contributed by atoms with van der Waals surface area (Å²) in [6.45, 7) is 2.13. The molecule has 2 rings (SSSR count). The minimum Gasteiger partial charge on any atom is -0.391 e. The number of sulfonamides is 1. The molecule has 4 nitrogen and oxygen atoms in total. The average Bonchev–Trinajstić information content (AvgIpc) is 2.53. The van der Waals surface area contributed by atoms with Crippen LogP contribution in [0.3, 0.4) is 0 Å². The molecule has 118 valence electrons. The van der Waals surface area contributed by atoms with E-state index in [2.05, 4.69) is 4.72 Å². The van der Waals surface area contributed by atoms with Gasteiger partial charge in [-0.25, -0.2) is 13.1 Å². The first-order valence-electron chi connectivity index (χ1n) is 7.79. The summed E-state index contributed by atoms with van der Waals surface area (Å²) in [5.41, 5.74) is 1.11. The standard InChI is InChI=1S/C16H25NO3S/c1-2-13-8-10-15(11-9-13)21(19,20)17-12-16(18)14-6-4-3-5-7-14/h8-11,14,16-18H,2-7,12H2,1H3. The zero-order valence-corrected chi connectivity index (χ0v) is 13.4. The zero-order chi connectivity index (χ0) is 15.3. The Balaban J connectivity index is 1.93. The molecule has 0 aromatic heterocycles. The molecule has 1 aliphatic rings. The van der Waals surface area contributed by atoms with Gasteiger partial charge in [-0.3, -0.25) is 0 Å². The van der Waals surface area contributed by atoms with E-state index in [0.717, 1.165) is 37.7 Å². The van der Waals surface area contributed by atoms with Crippen LogP contribution in [0.25, 0.3) is 0 Å². The van der Waals surface area contributed by atoms with Crippen molar-refractivity contribution < 1.29 is 13.5 Å². The van der Waals surface area contributed by atoms with Crippen molar-refractivity contribution in [3.8, 4) is 0 Å². The Morgan fingerprint density at radius 2 is 1.81 bits per heavy atom. The molecule has 0 bridgehead atoms. The normalized spacial score (nSPS) is 18.6. The molecular weight excluding hydrogens is 286 g/mol. The van der Waals surface area contributed by atoms with Crippen molar-refractivity contribution in [1.29, 1.82) is 0 Å². The van der Waals surface area contributed by atoms with Crippen LogP contribution in [0.15, 0.2) is 29.2 Å². The Hall–Kier alpha value is -0.910. The highest BCUT2D eigenvalue weighted by Gasteiger charge is 2.23. The van der Waals surface area contributed by atoms with Crippen molar-refractivity contribution >= 4 is 10.0 Å².